The van der Waals surface area contributed by atoms with Gasteiger partial charge in [-0.05, 0) is 18.6 Å². The molecule has 0 radical (unpaired) electrons. The minimum atomic E-state index is -0.985. The highest BCUT2D eigenvalue weighted by molar-refractivity contribution is 5.87. The number of aromatic nitrogens is 1. The van der Waals surface area contributed by atoms with Crippen LogP contribution < -0.4 is 5.32 Å². The molecule has 84 valence electrons. The minimum absolute atomic E-state index is 0.0619. The van der Waals surface area contributed by atoms with E-state index >= 15 is 0 Å². The molecule has 0 aliphatic heterocycles. The van der Waals surface area contributed by atoms with Gasteiger partial charge in [-0.25, -0.2) is 9.78 Å². The summed E-state index contributed by atoms with van der Waals surface area (Å²) in [4.78, 5) is 14.6. The maximum absolute atomic E-state index is 10.6. The third-order valence-corrected chi connectivity index (χ3v) is 2.11. The van der Waals surface area contributed by atoms with Crippen molar-refractivity contribution < 1.29 is 9.90 Å². The third-order valence-electron chi connectivity index (χ3n) is 2.11. The molecule has 16 heavy (non-hydrogen) atoms. The van der Waals surface area contributed by atoms with Gasteiger partial charge in [0.2, 0.25) is 0 Å². The molecular weight excluding hydrogens is 204 g/mol. The second-order valence-electron chi connectivity index (χ2n) is 3.39. The van der Waals surface area contributed by atoms with Crippen LogP contribution in [0.25, 0.3) is 0 Å². The number of rotatable bonds is 5. The number of carbonyl (C=O) groups is 1. The van der Waals surface area contributed by atoms with Crippen molar-refractivity contribution in [2.75, 3.05) is 5.32 Å². The van der Waals surface area contributed by atoms with Crippen molar-refractivity contribution in [3.8, 4) is 12.3 Å². The molecule has 0 spiro atoms. The number of nitrogens with zero attached hydrogens (tertiary/aromatic N) is 1. The van der Waals surface area contributed by atoms with Crippen LogP contribution in [0.5, 0.6) is 0 Å². The van der Waals surface area contributed by atoms with Crippen molar-refractivity contribution in [1.82, 2.24) is 4.98 Å². The van der Waals surface area contributed by atoms with Gasteiger partial charge in [-0.15, -0.1) is 6.42 Å². The number of carboxylic acids is 1. The number of nitrogens with one attached hydrogen (secondary N) is 1. The molecule has 4 heteroatoms. The lowest BCUT2D eigenvalue weighted by Gasteiger charge is -2.12. The van der Waals surface area contributed by atoms with Crippen molar-refractivity contribution in [3.05, 3.63) is 23.9 Å². The molecule has 2 N–H and O–H groups in total. The molecule has 0 saturated heterocycles. The van der Waals surface area contributed by atoms with Crippen LogP contribution in [-0.2, 0) is 0 Å². The van der Waals surface area contributed by atoms with E-state index in [4.69, 9.17) is 11.5 Å². The average molecular weight is 218 g/mol. The van der Waals surface area contributed by atoms with Gasteiger partial charge in [0.1, 0.15) is 5.82 Å². The Balaban J connectivity index is 2.68. The van der Waals surface area contributed by atoms with E-state index in [-0.39, 0.29) is 11.6 Å². The van der Waals surface area contributed by atoms with Crippen molar-refractivity contribution in [1.29, 1.82) is 0 Å². The lowest BCUT2D eigenvalue weighted by molar-refractivity contribution is 0.0696. The minimum Gasteiger partial charge on any atom is -0.478 e. The van der Waals surface area contributed by atoms with Crippen LogP contribution >= 0.6 is 0 Å². The molecule has 1 rings (SSSR count). The maximum atomic E-state index is 10.6. The van der Waals surface area contributed by atoms with Crippen LogP contribution in [0.3, 0.4) is 0 Å². The van der Waals surface area contributed by atoms with Crippen LogP contribution in [0.1, 0.15) is 30.1 Å². The van der Waals surface area contributed by atoms with E-state index in [0.29, 0.717) is 5.82 Å². The predicted molar refractivity (Wildman–Crippen MR) is 62.3 cm³/mol. The molecule has 1 atom stereocenters. The normalized spacial score (nSPS) is 11.5. The molecule has 1 aromatic rings. The molecule has 4 nitrogen and oxygen atoms in total. The molecule has 0 bridgehead atoms. The molecule has 1 heterocycles. The topological polar surface area (TPSA) is 62.2 Å². The largest absolute Gasteiger partial charge is 0.478 e. The summed E-state index contributed by atoms with van der Waals surface area (Å²) in [5.74, 6) is 2.23. The Hall–Kier alpha value is -2.02. The summed E-state index contributed by atoms with van der Waals surface area (Å²) < 4.78 is 0. The average Bonchev–Trinajstić information content (AvgIpc) is 2.29. The predicted octanol–water partition coefficient (Wildman–Crippen LogP) is 1.99. The summed E-state index contributed by atoms with van der Waals surface area (Å²) in [5.41, 5.74) is 0.165. The summed E-state index contributed by atoms with van der Waals surface area (Å²) in [5, 5.41) is 11.8. The van der Waals surface area contributed by atoms with Gasteiger partial charge in [-0.3, -0.25) is 0 Å². The second kappa shape index (κ2) is 5.76. The lowest BCUT2D eigenvalue weighted by Crippen LogP contribution is -2.17. The quantitative estimate of drug-likeness (QED) is 0.742. The molecule has 1 aromatic heterocycles. The zero-order chi connectivity index (χ0) is 12.0. The van der Waals surface area contributed by atoms with Gasteiger partial charge >= 0.3 is 5.97 Å². The Morgan fingerprint density at radius 3 is 2.88 bits per heavy atom. The molecule has 0 fully saturated rings. The first-order valence-electron chi connectivity index (χ1n) is 5.09. The molecule has 1 unspecified atom stereocenters. The van der Waals surface area contributed by atoms with Crippen molar-refractivity contribution in [2.45, 2.75) is 25.8 Å². The smallest absolute Gasteiger partial charge is 0.337 e. The monoisotopic (exact) mass is 218 g/mol. The molecular formula is C12H14N2O2. The Morgan fingerprint density at radius 2 is 2.44 bits per heavy atom. The number of hydrogen-bond acceptors (Lipinski definition) is 3. The number of terminal acetylenes is 1. The molecule has 0 aliphatic carbocycles. The number of pyridine rings is 1. The third kappa shape index (κ3) is 3.28. The van der Waals surface area contributed by atoms with Crippen LogP contribution in [0.15, 0.2) is 18.3 Å². The van der Waals surface area contributed by atoms with Gasteiger partial charge < -0.3 is 10.4 Å². The van der Waals surface area contributed by atoms with E-state index < -0.39 is 5.97 Å². The number of aromatic carboxylic acids is 1. The first-order chi connectivity index (χ1) is 7.67. The zero-order valence-corrected chi connectivity index (χ0v) is 9.10. The Morgan fingerprint density at radius 1 is 1.69 bits per heavy atom. The fourth-order valence-corrected chi connectivity index (χ4v) is 1.27. The zero-order valence-electron chi connectivity index (χ0n) is 9.10. The van der Waals surface area contributed by atoms with Gasteiger partial charge in [0, 0.05) is 6.20 Å². The van der Waals surface area contributed by atoms with Crippen molar-refractivity contribution in [2.24, 2.45) is 0 Å². The van der Waals surface area contributed by atoms with Gasteiger partial charge in [0.05, 0.1) is 11.6 Å². The van der Waals surface area contributed by atoms with E-state index in [1.165, 1.54) is 12.3 Å². The first kappa shape index (κ1) is 12.1. The second-order valence-corrected chi connectivity index (χ2v) is 3.39. The van der Waals surface area contributed by atoms with E-state index in [1.54, 1.807) is 6.07 Å². The van der Waals surface area contributed by atoms with E-state index in [1.807, 2.05) is 6.92 Å². The maximum Gasteiger partial charge on any atom is 0.337 e. The van der Waals surface area contributed by atoms with Crippen molar-refractivity contribution >= 4 is 11.8 Å². The van der Waals surface area contributed by atoms with E-state index in [9.17, 15) is 4.79 Å². The fourth-order valence-electron chi connectivity index (χ4n) is 1.27. The fraction of sp³-hybridized carbons (Fsp3) is 0.333. The van der Waals surface area contributed by atoms with E-state index in [2.05, 4.69) is 16.2 Å². The van der Waals surface area contributed by atoms with Crippen LogP contribution in [0.2, 0.25) is 0 Å². The van der Waals surface area contributed by atoms with Gasteiger partial charge in [0.15, 0.2) is 0 Å². The van der Waals surface area contributed by atoms with Crippen LogP contribution in [0, 0.1) is 12.3 Å². The van der Waals surface area contributed by atoms with Gasteiger partial charge in [-0.2, -0.15) is 0 Å². The van der Waals surface area contributed by atoms with Crippen LogP contribution in [-0.4, -0.2) is 22.1 Å². The molecule has 0 aliphatic rings. The highest BCUT2D eigenvalue weighted by Gasteiger charge is 2.06. The first-order valence-corrected chi connectivity index (χ1v) is 5.09. The lowest BCUT2D eigenvalue weighted by atomic mass is 10.2. The standard InChI is InChI=1S/C12H14N2O2/c1-3-5-10(4-2)14-11-7-6-9(8-13-11)12(15)16/h2,6-8,10H,3,5H2,1H3,(H,13,14)(H,15,16). The van der Waals surface area contributed by atoms with Crippen LogP contribution in [0.4, 0.5) is 5.82 Å². The number of hydrogen-bond donors (Lipinski definition) is 2. The van der Waals surface area contributed by atoms with E-state index in [0.717, 1.165) is 12.8 Å². The number of anilines is 1. The highest BCUT2D eigenvalue weighted by Crippen LogP contribution is 2.08. The molecule has 0 aromatic carbocycles. The summed E-state index contributed by atoms with van der Waals surface area (Å²) in [6.07, 6.45) is 8.50. The summed E-state index contributed by atoms with van der Waals surface area (Å²) in [6.45, 7) is 2.05. The van der Waals surface area contributed by atoms with Gasteiger partial charge in [0.25, 0.3) is 0 Å². The summed E-state index contributed by atoms with van der Waals surface area (Å²) in [7, 11) is 0. The summed E-state index contributed by atoms with van der Waals surface area (Å²) >= 11 is 0. The Labute approximate surface area is 94.7 Å². The SMILES string of the molecule is C#CC(CCC)Nc1ccc(C(=O)O)cn1. The van der Waals surface area contributed by atoms with Crippen molar-refractivity contribution in [3.63, 3.8) is 0 Å². The van der Waals surface area contributed by atoms with Gasteiger partial charge in [-0.1, -0.05) is 19.3 Å². The highest BCUT2D eigenvalue weighted by atomic mass is 16.4. The molecule has 0 saturated carbocycles. The summed E-state index contributed by atoms with van der Waals surface area (Å²) in [6, 6.07) is 3.05. The number of carboxylic acid groups (broad SMARTS) is 1. The Bertz CT molecular complexity index is 392. The molecule has 0 amide bonds. The Kier molecular flexibility index (Phi) is 4.34.